The van der Waals surface area contributed by atoms with Gasteiger partial charge in [-0.05, 0) is 61.4 Å². The van der Waals surface area contributed by atoms with E-state index in [9.17, 15) is 4.79 Å². The molecule has 1 amide bonds. The lowest BCUT2D eigenvalue weighted by Gasteiger charge is -2.41. The first-order chi connectivity index (χ1) is 18.5. The summed E-state index contributed by atoms with van der Waals surface area (Å²) in [6.07, 6.45) is 3.21. The molecule has 0 unspecified atom stereocenters. The van der Waals surface area contributed by atoms with E-state index >= 15 is 8.78 Å². The van der Waals surface area contributed by atoms with Gasteiger partial charge in [0.15, 0.2) is 0 Å². The van der Waals surface area contributed by atoms with E-state index in [2.05, 4.69) is 28.8 Å². The van der Waals surface area contributed by atoms with Gasteiger partial charge in [0.25, 0.3) is 5.91 Å². The van der Waals surface area contributed by atoms with E-state index in [0.29, 0.717) is 33.8 Å². The molecule has 0 bridgehead atoms. The fraction of sp³-hybridized carbons (Fsp3) is 0.321. The Morgan fingerprint density at radius 2 is 1.92 bits per heavy atom. The van der Waals surface area contributed by atoms with Crippen LogP contribution < -0.4 is 4.74 Å². The topological polar surface area (TPSA) is 63.5 Å². The van der Waals surface area contributed by atoms with Gasteiger partial charge in [-0.25, -0.2) is 8.78 Å². The third-order valence-electron chi connectivity index (χ3n) is 6.95. The van der Waals surface area contributed by atoms with Crippen molar-refractivity contribution in [2.24, 2.45) is 7.05 Å². The van der Waals surface area contributed by atoms with Crippen LogP contribution in [0, 0.1) is 11.6 Å². The van der Waals surface area contributed by atoms with Crippen molar-refractivity contribution in [1.29, 1.82) is 0 Å². The van der Waals surface area contributed by atoms with Crippen LogP contribution in [0.25, 0.3) is 22.0 Å². The first kappa shape index (κ1) is 21.3. The lowest BCUT2D eigenvalue weighted by molar-refractivity contribution is 0.000872. The van der Waals surface area contributed by atoms with Crippen molar-refractivity contribution in [2.45, 2.75) is 39.0 Å². The molecule has 0 atom stereocenters. The molecule has 2 aromatic carbocycles. The van der Waals surface area contributed by atoms with E-state index in [1.54, 1.807) is 30.1 Å². The molecule has 4 aromatic rings. The molecule has 190 valence electrons. The van der Waals surface area contributed by atoms with E-state index in [1.807, 2.05) is 0 Å². The van der Waals surface area contributed by atoms with E-state index in [4.69, 9.17) is 7.48 Å². The smallest absolute Gasteiger partial charge is 0.256 e. The van der Waals surface area contributed by atoms with Gasteiger partial charge < -0.3 is 9.64 Å². The molecule has 0 radical (unpaired) electrons. The first-order valence-corrected chi connectivity index (χ1v) is 12.2. The van der Waals surface area contributed by atoms with Crippen LogP contribution >= 0.6 is 0 Å². The molecule has 2 aliphatic heterocycles. The number of aryl methyl sites for hydroxylation is 1. The average molecular weight is 506 g/mol. The van der Waals surface area contributed by atoms with Crippen molar-refractivity contribution in [3.05, 3.63) is 77.2 Å². The van der Waals surface area contributed by atoms with Crippen LogP contribution in [0.4, 0.5) is 8.78 Å². The Morgan fingerprint density at radius 1 is 1.16 bits per heavy atom. The number of likely N-dealkylation sites (tertiary alicyclic amines) is 1. The predicted octanol–water partition coefficient (Wildman–Crippen LogP) is 4.54. The Labute approximate surface area is 216 Å². The van der Waals surface area contributed by atoms with Crippen molar-refractivity contribution in [3.63, 3.8) is 0 Å². The summed E-state index contributed by atoms with van der Waals surface area (Å²) in [7, 11) is 1.77. The van der Waals surface area contributed by atoms with Crippen molar-refractivity contribution in [2.75, 3.05) is 13.1 Å². The number of nitrogens with zero attached hydrogens (tertiary/aromatic N) is 5. The number of pyridine rings is 1. The minimum Gasteiger partial charge on any atom is -0.485 e. The second-order valence-corrected chi connectivity index (χ2v) is 9.78. The monoisotopic (exact) mass is 505 g/mol. The van der Waals surface area contributed by atoms with Crippen molar-refractivity contribution in [3.8, 4) is 16.9 Å². The number of hydrogen-bond donors (Lipinski definition) is 0. The second-order valence-electron chi connectivity index (χ2n) is 9.78. The number of benzene rings is 2. The van der Waals surface area contributed by atoms with Crippen LogP contribution in [0.2, 0.25) is 0 Å². The number of aromatic nitrogens is 3. The highest BCUT2D eigenvalue weighted by Crippen LogP contribution is 2.36. The highest BCUT2D eigenvalue weighted by Gasteiger charge is 2.32. The SMILES string of the molecule is [2H]C1([2H])c2ncccc2C(=O)N1Cc1c(F)cc(-c2ccc(OC3CN(C(C)C)C3)c3nn(C)cc23)cc1F. The number of rotatable bonds is 6. The average Bonchev–Trinajstić information content (AvgIpc) is 3.33. The van der Waals surface area contributed by atoms with Gasteiger partial charge in [0.1, 0.15) is 29.0 Å². The maximum absolute atomic E-state index is 15.4. The summed E-state index contributed by atoms with van der Waals surface area (Å²) in [5, 5.41) is 5.23. The number of fused-ring (bicyclic) bond motifs is 2. The maximum Gasteiger partial charge on any atom is 0.256 e. The molecule has 0 saturated carbocycles. The number of carbonyl (C=O) groups excluding carboxylic acids is 1. The molecule has 1 fully saturated rings. The number of amides is 1. The van der Waals surface area contributed by atoms with E-state index in [1.165, 1.54) is 30.5 Å². The van der Waals surface area contributed by atoms with Crippen LogP contribution in [-0.4, -0.2) is 55.7 Å². The van der Waals surface area contributed by atoms with Crippen molar-refractivity contribution < 1.29 is 21.1 Å². The normalized spacial score (nSPS) is 18.2. The minimum atomic E-state index is -2.30. The fourth-order valence-corrected chi connectivity index (χ4v) is 4.86. The number of hydrogen-bond acceptors (Lipinski definition) is 5. The third kappa shape index (κ3) is 4.13. The van der Waals surface area contributed by atoms with Gasteiger partial charge in [-0.15, -0.1) is 0 Å². The van der Waals surface area contributed by atoms with Crippen LogP contribution in [0.3, 0.4) is 0 Å². The molecule has 0 N–H and O–H groups in total. The standard InChI is InChI=1S/C28H27F2N5O2/c1-16(2)34-11-18(12-34)37-26-7-6-19(21-13-33(3)32-27(21)26)17-9-23(29)22(24(30)10-17)14-35-15-25-20(28(35)36)5-4-8-31-25/h4-10,13,16,18H,11-12,14-15H2,1-3H3/i15D2. The lowest BCUT2D eigenvalue weighted by atomic mass is 9.99. The van der Waals surface area contributed by atoms with Gasteiger partial charge in [-0.2, -0.15) is 5.10 Å². The highest BCUT2D eigenvalue weighted by atomic mass is 19.1. The zero-order valence-electron chi connectivity index (χ0n) is 22.7. The highest BCUT2D eigenvalue weighted by molar-refractivity contribution is 5.98. The summed E-state index contributed by atoms with van der Waals surface area (Å²) in [6, 6.07) is 9.36. The predicted molar refractivity (Wildman–Crippen MR) is 135 cm³/mol. The summed E-state index contributed by atoms with van der Waals surface area (Å²) in [5.74, 6) is -1.80. The van der Waals surface area contributed by atoms with E-state index in [-0.39, 0.29) is 17.4 Å². The molecule has 6 rings (SSSR count). The zero-order valence-corrected chi connectivity index (χ0v) is 20.7. The summed E-state index contributed by atoms with van der Waals surface area (Å²) in [5.41, 5.74) is 1.10. The van der Waals surface area contributed by atoms with Gasteiger partial charge in [0.2, 0.25) is 0 Å². The molecule has 4 heterocycles. The molecule has 0 aliphatic carbocycles. The van der Waals surface area contributed by atoms with Crippen LogP contribution in [-0.2, 0) is 20.1 Å². The second kappa shape index (κ2) is 8.92. The van der Waals surface area contributed by atoms with Gasteiger partial charge in [-0.3, -0.25) is 19.4 Å². The summed E-state index contributed by atoms with van der Waals surface area (Å²) in [6.45, 7) is 3.05. The molecule has 0 spiro atoms. The summed E-state index contributed by atoms with van der Waals surface area (Å²) in [4.78, 5) is 19.9. The molecule has 2 aromatic heterocycles. The Morgan fingerprint density at radius 3 is 2.62 bits per heavy atom. The van der Waals surface area contributed by atoms with Gasteiger partial charge in [-0.1, -0.05) is 0 Å². The Hall–Kier alpha value is -3.85. The Bertz CT molecular complexity index is 1590. The van der Waals surface area contributed by atoms with Crippen LogP contribution in [0.5, 0.6) is 5.75 Å². The molecule has 9 heteroatoms. The van der Waals surface area contributed by atoms with Gasteiger partial charge >= 0.3 is 0 Å². The third-order valence-corrected chi connectivity index (χ3v) is 6.95. The van der Waals surface area contributed by atoms with E-state index in [0.717, 1.165) is 18.0 Å². The summed E-state index contributed by atoms with van der Waals surface area (Å²) < 4.78 is 55.4. The zero-order chi connectivity index (χ0) is 27.6. The first-order valence-electron chi connectivity index (χ1n) is 13.2. The molecule has 1 saturated heterocycles. The minimum absolute atomic E-state index is 0.0495. The molecule has 2 aliphatic rings. The van der Waals surface area contributed by atoms with Crippen LogP contribution in [0.1, 0.15) is 38.2 Å². The molecule has 7 nitrogen and oxygen atoms in total. The number of halogens is 2. The summed E-state index contributed by atoms with van der Waals surface area (Å²) >= 11 is 0. The Kier molecular flexibility index (Phi) is 5.12. The van der Waals surface area contributed by atoms with Crippen molar-refractivity contribution in [1.82, 2.24) is 24.6 Å². The van der Waals surface area contributed by atoms with Crippen molar-refractivity contribution >= 4 is 16.8 Å². The number of carbonyl (C=O) groups is 1. The molecular formula is C28H27F2N5O2. The molecule has 37 heavy (non-hydrogen) atoms. The van der Waals surface area contributed by atoms with E-state index < -0.39 is 36.1 Å². The van der Waals surface area contributed by atoms with Gasteiger partial charge in [0.05, 0.1) is 27.0 Å². The van der Waals surface area contributed by atoms with Crippen LogP contribution in [0.15, 0.2) is 48.8 Å². The largest absolute Gasteiger partial charge is 0.485 e. The molecular weight excluding hydrogens is 476 g/mol. The number of ether oxygens (including phenoxy) is 1. The maximum atomic E-state index is 15.4. The fourth-order valence-electron chi connectivity index (χ4n) is 4.86. The van der Waals surface area contributed by atoms with Gasteiger partial charge in [0, 0.05) is 49.5 Å². The quantitative estimate of drug-likeness (QED) is 0.385. The lowest BCUT2D eigenvalue weighted by Crippen LogP contribution is -2.56. The Balaban J connectivity index is 1.31.